The van der Waals surface area contributed by atoms with Crippen LogP contribution in [0.2, 0.25) is 0 Å². The lowest BCUT2D eigenvalue weighted by Crippen LogP contribution is -2.28. The average Bonchev–Trinajstić information content (AvgIpc) is 3.16. The normalized spacial score (nSPS) is 18.2. The Labute approximate surface area is 125 Å². The van der Waals surface area contributed by atoms with E-state index in [1.807, 2.05) is 37.5 Å². The molecule has 2 aromatic rings. The topological polar surface area (TPSA) is 45.3 Å². The highest BCUT2D eigenvalue weighted by molar-refractivity contribution is 5.97. The molecule has 1 saturated heterocycles. The van der Waals surface area contributed by atoms with E-state index in [-0.39, 0.29) is 5.91 Å². The van der Waals surface area contributed by atoms with E-state index in [4.69, 9.17) is 4.74 Å². The van der Waals surface area contributed by atoms with E-state index in [0.717, 1.165) is 42.5 Å². The number of ether oxygens (including phenoxy) is 1. The van der Waals surface area contributed by atoms with E-state index in [1.54, 1.807) is 4.90 Å². The van der Waals surface area contributed by atoms with Gasteiger partial charge in [-0.15, -0.1) is 0 Å². The number of fused-ring (bicyclic) bond motifs is 1. The summed E-state index contributed by atoms with van der Waals surface area (Å²) < 4.78 is 5.61. The molecule has 1 atom stereocenters. The molecular weight excluding hydrogens is 264 g/mol. The first-order valence-corrected chi connectivity index (χ1v) is 7.68. The maximum Gasteiger partial charge on any atom is 0.253 e. The highest BCUT2D eigenvalue weighted by Crippen LogP contribution is 2.18. The summed E-state index contributed by atoms with van der Waals surface area (Å²) in [6.07, 6.45) is 6.69. The molecule has 1 aromatic carbocycles. The van der Waals surface area contributed by atoms with Crippen LogP contribution in [0.1, 0.15) is 36.0 Å². The zero-order chi connectivity index (χ0) is 14.7. The summed E-state index contributed by atoms with van der Waals surface area (Å²) in [5, 5.41) is 1.13. The average molecular weight is 286 g/mol. The van der Waals surface area contributed by atoms with Gasteiger partial charge in [0.05, 0.1) is 6.10 Å². The summed E-state index contributed by atoms with van der Waals surface area (Å²) in [5.74, 6) is 0.0823. The predicted octanol–water partition coefficient (Wildman–Crippen LogP) is 3.20. The summed E-state index contributed by atoms with van der Waals surface area (Å²) in [6.45, 7) is 1.68. The predicted molar refractivity (Wildman–Crippen MR) is 83.5 cm³/mol. The Hall–Kier alpha value is -1.81. The van der Waals surface area contributed by atoms with Crippen molar-refractivity contribution in [2.75, 3.05) is 20.2 Å². The highest BCUT2D eigenvalue weighted by Gasteiger charge is 2.16. The SMILES string of the molecule is CN(CCC[C@@H]1CCCO1)C(=O)c1ccc2cc[nH]c2c1. The monoisotopic (exact) mass is 286 g/mol. The molecule has 0 bridgehead atoms. The molecule has 1 fully saturated rings. The van der Waals surface area contributed by atoms with Crippen LogP contribution >= 0.6 is 0 Å². The lowest BCUT2D eigenvalue weighted by atomic mass is 10.1. The third-order valence-corrected chi connectivity index (χ3v) is 4.19. The van der Waals surface area contributed by atoms with Crippen molar-refractivity contribution in [2.45, 2.75) is 31.8 Å². The number of rotatable bonds is 5. The lowest BCUT2D eigenvalue weighted by Gasteiger charge is -2.18. The number of aromatic nitrogens is 1. The molecule has 0 unspecified atom stereocenters. The fourth-order valence-electron chi connectivity index (χ4n) is 2.93. The molecule has 1 aromatic heterocycles. The van der Waals surface area contributed by atoms with E-state index in [9.17, 15) is 4.79 Å². The van der Waals surface area contributed by atoms with Gasteiger partial charge in [-0.1, -0.05) is 6.07 Å². The Bertz CT molecular complexity index is 614. The van der Waals surface area contributed by atoms with E-state index in [0.29, 0.717) is 6.10 Å². The van der Waals surface area contributed by atoms with Gasteiger partial charge < -0.3 is 14.6 Å². The largest absolute Gasteiger partial charge is 0.378 e. The van der Waals surface area contributed by atoms with Gasteiger partial charge >= 0.3 is 0 Å². The summed E-state index contributed by atoms with van der Waals surface area (Å²) in [7, 11) is 1.87. The molecule has 3 rings (SSSR count). The second-order valence-electron chi connectivity index (χ2n) is 5.78. The Morgan fingerprint density at radius 1 is 1.43 bits per heavy atom. The molecule has 1 aliphatic heterocycles. The van der Waals surface area contributed by atoms with Crippen molar-refractivity contribution < 1.29 is 9.53 Å². The van der Waals surface area contributed by atoms with Crippen LogP contribution in [-0.2, 0) is 4.74 Å². The zero-order valence-electron chi connectivity index (χ0n) is 12.5. The van der Waals surface area contributed by atoms with Crippen molar-refractivity contribution in [1.29, 1.82) is 0 Å². The van der Waals surface area contributed by atoms with Gasteiger partial charge in [-0.3, -0.25) is 4.79 Å². The van der Waals surface area contributed by atoms with Gasteiger partial charge in [0.15, 0.2) is 0 Å². The van der Waals surface area contributed by atoms with Gasteiger partial charge in [0.25, 0.3) is 5.91 Å². The van der Waals surface area contributed by atoms with Gasteiger partial charge in [0, 0.05) is 37.5 Å². The molecule has 4 heteroatoms. The number of benzene rings is 1. The summed E-state index contributed by atoms with van der Waals surface area (Å²) in [4.78, 5) is 17.4. The molecular formula is C17H22N2O2. The van der Waals surface area contributed by atoms with Crippen LogP contribution in [0.15, 0.2) is 30.5 Å². The number of aromatic amines is 1. The number of nitrogens with one attached hydrogen (secondary N) is 1. The van der Waals surface area contributed by atoms with Gasteiger partial charge in [-0.2, -0.15) is 0 Å². The smallest absolute Gasteiger partial charge is 0.253 e. The molecule has 4 nitrogen and oxygen atoms in total. The van der Waals surface area contributed by atoms with Crippen molar-refractivity contribution in [1.82, 2.24) is 9.88 Å². The van der Waals surface area contributed by atoms with E-state index >= 15 is 0 Å². The van der Waals surface area contributed by atoms with Gasteiger partial charge in [-0.05, 0) is 49.3 Å². The summed E-state index contributed by atoms with van der Waals surface area (Å²) in [6, 6.07) is 7.82. The van der Waals surface area contributed by atoms with Gasteiger partial charge in [0.1, 0.15) is 0 Å². The second kappa shape index (κ2) is 6.31. The Morgan fingerprint density at radius 2 is 2.33 bits per heavy atom. The van der Waals surface area contributed by atoms with Gasteiger partial charge in [0.2, 0.25) is 0 Å². The van der Waals surface area contributed by atoms with Crippen molar-refractivity contribution in [3.63, 3.8) is 0 Å². The zero-order valence-corrected chi connectivity index (χ0v) is 12.5. The summed E-state index contributed by atoms with van der Waals surface area (Å²) in [5.41, 5.74) is 1.75. The third kappa shape index (κ3) is 3.27. The molecule has 1 aliphatic rings. The number of amides is 1. The van der Waals surface area contributed by atoms with Gasteiger partial charge in [-0.25, -0.2) is 0 Å². The van der Waals surface area contributed by atoms with Crippen LogP contribution in [0.3, 0.4) is 0 Å². The Kier molecular flexibility index (Phi) is 4.25. The molecule has 1 amide bonds. The summed E-state index contributed by atoms with van der Waals surface area (Å²) >= 11 is 0. The van der Waals surface area contributed by atoms with Crippen molar-refractivity contribution in [3.05, 3.63) is 36.0 Å². The van der Waals surface area contributed by atoms with Crippen molar-refractivity contribution in [3.8, 4) is 0 Å². The minimum Gasteiger partial charge on any atom is -0.378 e. The number of hydrogen-bond acceptors (Lipinski definition) is 2. The van der Waals surface area contributed by atoms with Crippen LogP contribution in [-0.4, -0.2) is 42.1 Å². The molecule has 0 aliphatic carbocycles. The van der Waals surface area contributed by atoms with Crippen LogP contribution < -0.4 is 0 Å². The molecule has 0 saturated carbocycles. The minimum atomic E-state index is 0.0823. The number of carbonyl (C=O) groups is 1. The van der Waals surface area contributed by atoms with Crippen LogP contribution in [0.4, 0.5) is 0 Å². The molecule has 1 N–H and O–H groups in total. The van der Waals surface area contributed by atoms with Crippen molar-refractivity contribution in [2.24, 2.45) is 0 Å². The second-order valence-corrected chi connectivity index (χ2v) is 5.78. The Morgan fingerprint density at radius 3 is 3.14 bits per heavy atom. The van der Waals surface area contributed by atoms with Crippen LogP contribution in [0.5, 0.6) is 0 Å². The molecule has 112 valence electrons. The quantitative estimate of drug-likeness (QED) is 0.917. The molecule has 0 spiro atoms. The number of H-pyrrole nitrogens is 1. The van der Waals surface area contributed by atoms with E-state index in [2.05, 4.69) is 4.98 Å². The first-order valence-electron chi connectivity index (χ1n) is 7.68. The highest BCUT2D eigenvalue weighted by atomic mass is 16.5. The number of carbonyl (C=O) groups excluding carboxylic acids is 1. The van der Waals surface area contributed by atoms with E-state index < -0.39 is 0 Å². The Balaban J connectivity index is 1.55. The fraction of sp³-hybridized carbons (Fsp3) is 0.471. The maximum atomic E-state index is 12.4. The first-order chi connectivity index (χ1) is 10.2. The molecule has 2 heterocycles. The number of hydrogen-bond donors (Lipinski definition) is 1. The lowest BCUT2D eigenvalue weighted by molar-refractivity contribution is 0.0763. The maximum absolute atomic E-state index is 12.4. The standard InChI is InChI=1S/C17H22N2O2/c1-19(10-2-4-15-5-3-11-21-15)17(20)14-7-6-13-8-9-18-16(13)12-14/h6-9,12,15,18H,2-5,10-11H2,1H3/t15-/m1/s1. The molecule has 0 radical (unpaired) electrons. The minimum absolute atomic E-state index is 0.0823. The molecule has 21 heavy (non-hydrogen) atoms. The third-order valence-electron chi connectivity index (χ3n) is 4.19. The van der Waals surface area contributed by atoms with Crippen molar-refractivity contribution >= 4 is 16.8 Å². The fourth-order valence-corrected chi connectivity index (χ4v) is 2.93. The first kappa shape index (κ1) is 14.1. The van der Waals surface area contributed by atoms with E-state index in [1.165, 1.54) is 12.8 Å². The number of nitrogens with zero attached hydrogens (tertiary/aromatic N) is 1. The van der Waals surface area contributed by atoms with Crippen LogP contribution in [0, 0.1) is 0 Å². The van der Waals surface area contributed by atoms with Crippen LogP contribution in [0.25, 0.3) is 10.9 Å².